The Balaban J connectivity index is 1.63. The summed E-state index contributed by atoms with van der Waals surface area (Å²) >= 11 is 5.92. The van der Waals surface area contributed by atoms with E-state index in [-0.39, 0.29) is 44.8 Å². The number of halogens is 1. The van der Waals surface area contributed by atoms with E-state index in [1.54, 1.807) is 45.9 Å². The normalized spacial score (nSPS) is 12.4. The molecule has 6 N–H and O–H groups in total. The van der Waals surface area contributed by atoms with Crippen LogP contribution in [0.2, 0.25) is 5.28 Å². The molecule has 5 rings (SSSR count). The van der Waals surface area contributed by atoms with E-state index in [9.17, 15) is 31.0 Å². The van der Waals surface area contributed by atoms with Crippen molar-refractivity contribution in [2.45, 2.75) is 37.5 Å². The van der Waals surface area contributed by atoms with Gasteiger partial charge in [-0.15, -0.1) is 15.3 Å². The number of benzene rings is 4. The second-order valence-corrected chi connectivity index (χ2v) is 13.7. The number of nitrogens with one attached hydrogen (secondary N) is 1. The lowest BCUT2D eigenvalue weighted by Gasteiger charge is -2.14. The summed E-state index contributed by atoms with van der Waals surface area (Å²) in [5.74, 6) is -0.198. The molecular formula is C29H26ClN9O7S2. The third-order valence-electron chi connectivity index (χ3n) is 6.91. The number of anilines is 3. The molecule has 0 radical (unpaired) electrons. The van der Waals surface area contributed by atoms with Crippen LogP contribution >= 0.6 is 11.6 Å². The molecule has 0 unspecified atom stereocenters. The molecule has 4 aromatic carbocycles. The van der Waals surface area contributed by atoms with Crippen LogP contribution in [0.4, 0.5) is 40.1 Å². The Morgan fingerprint density at radius 1 is 0.750 bits per heavy atom. The summed E-state index contributed by atoms with van der Waals surface area (Å²) in [6, 6.07) is 11.5. The number of hydrogen-bond donors (Lipinski definition) is 5. The van der Waals surface area contributed by atoms with Gasteiger partial charge in [-0.05, 0) is 97.8 Å². The van der Waals surface area contributed by atoms with Gasteiger partial charge in [0, 0.05) is 5.69 Å². The van der Waals surface area contributed by atoms with E-state index >= 15 is 0 Å². The van der Waals surface area contributed by atoms with Crippen molar-refractivity contribution in [3.05, 3.63) is 76.3 Å². The van der Waals surface area contributed by atoms with Crippen LogP contribution in [-0.4, -0.2) is 46.0 Å². The number of nitrogen functional groups attached to an aromatic ring is 1. The molecule has 0 saturated heterocycles. The molecule has 0 atom stereocenters. The van der Waals surface area contributed by atoms with E-state index in [4.69, 9.17) is 17.3 Å². The maximum atomic E-state index is 12.4. The molecule has 0 saturated carbocycles. The fourth-order valence-electron chi connectivity index (χ4n) is 4.67. The molecule has 0 aliphatic heterocycles. The average Bonchev–Trinajstić information content (AvgIpc) is 2.96. The summed E-state index contributed by atoms with van der Waals surface area (Å²) in [7, 11) is -9.59. The molecule has 0 aliphatic carbocycles. The van der Waals surface area contributed by atoms with Crippen molar-refractivity contribution < 1.29 is 31.0 Å². The van der Waals surface area contributed by atoms with Crippen molar-refractivity contribution in [1.82, 2.24) is 15.0 Å². The molecule has 248 valence electrons. The number of nitrogens with zero attached hydrogens (tertiary/aromatic N) is 7. The highest BCUT2D eigenvalue weighted by atomic mass is 35.5. The molecule has 1 aromatic heterocycles. The fourth-order valence-corrected chi connectivity index (χ4v) is 6.13. The minimum absolute atomic E-state index is 0.00591. The molecule has 0 fully saturated rings. The predicted molar refractivity (Wildman–Crippen MR) is 178 cm³/mol. The van der Waals surface area contributed by atoms with Gasteiger partial charge in [0.2, 0.25) is 11.2 Å². The van der Waals surface area contributed by atoms with Gasteiger partial charge >= 0.3 is 0 Å². The fraction of sp³-hybridized carbons (Fsp3) is 0.138. The Morgan fingerprint density at radius 3 is 2.08 bits per heavy atom. The molecular weight excluding hydrogens is 686 g/mol. The van der Waals surface area contributed by atoms with Crippen LogP contribution in [0.25, 0.3) is 10.8 Å². The van der Waals surface area contributed by atoms with Gasteiger partial charge in [-0.3, -0.25) is 9.11 Å². The maximum absolute atomic E-state index is 12.4. The van der Waals surface area contributed by atoms with Gasteiger partial charge in [0.1, 0.15) is 32.7 Å². The molecule has 0 spiro atoms. The van der Waals surface area contributed by atoms with Crippen LogP contribution in [0.5, 0.6) is 5.75 Å². The molecule has 5 aromatic rings. The Morgan fingerprint density at radius 2 is 1.42 bits per heavy atom. The lowest BCUT2D eigenvalue weighted by Crippen LogP contribution is -2.01. The van der Waals surface area contributed by atoms with Crippen molar-refractivity contribution in [2.24, 2.45) is 20.5 Å². The van der Waals surface area contributed by atoms with Crippen LogP contribution in [-0.2, 0) is 20.2 Å². The summed E-state index contributed by atoms with van der Waals surface area (Å²) in [4.78, 5) is 10.8. The number of fused-ring (bicyclic) bond motifs is 1. The lowest BCUT2D eigenvalue weighted by molar-refractivity contribution is 0.472. The number of rotatable bonds is 8. The SMILES string of the molecule is Cc1ccc(S(=O)(=O)O)c(/N=N/c2c(C)cc3cc(S(=O)(=O)O)c(/N=N/c4cc(Nc5nc(C)nc(Cl)n5)ccc4C)c(O)c3c2N)c1. The zero-order valence-corrected chi connectivity index (χ0v) is 27.9. The van der Waals surface area contributed by atoms with Gasteiger partial charge in [0.15, 0.2) is 5.75 Å². The lowest BCUT2D eigenvalue weighted by atomic mass is 10.0. The molecule has 0 amide bonds. The van der Waals surface area contributed by atoms with Gasteiger partial charge in [-0.1, -0.05) is 12.1 Å². The minimum atomic E-state index is -4.95. The largest absolute Gasteiger partial charge is 0.505 e. The molecule has 48 heavy (non-hydrogen) atoms. The van der Waals surface area contributed by atoms with Gasteiger partial charge < -0.3 is 16.2 Å². The first-order valence-electron chi connectivity index (χ1n) is 13.7. The van der Waals surface area contributed by atoms with Crippen molar-refractivity contribution in [3.63, 3.8) is 0 Å². The minimum Gasteiger partial charge on any atom is -0.505 e. The predicted octanol–water partition coefficient (Wildman–Crippen LogP) is 7.27. The van der Waals surface area contributed by atoms with Crippen molar-refractivity contribution in [1.29, 1.82) is 0 Å². The summed E-state index contributed by atoms with van der Waals surface area (Å²) in [6.07, 6.45) is 0. The van der Waals surface area contributed by atoms with Crippen LogP contribution in [0.1, 0.15) is 22.5 Å². The number of phenolic OH excluding ortho intramolecular Hbond substituents is 1. The monoisotopic (exact) mass is 711 g/mol. The first-order chi connectivity index (χ1) is 22.4. The number of phenols is 1. The molecule has 1 heterocycles. The highest BCUT2D eigenvalue weighted by molar-refractivity contribution is 7.86. The number of aromatic nitrogens is 3. The number of nitrogens with two attached hydrogens (primary N) is 1. The smallest absolute Gasteiger partial charge is 0.296 e. The van der Waals surface area contributed by atoms with Gasteiger partial charge in [-0.2, -0.15) is 31.9 Å². The van der Waals surface area contributed by atoms with Gasteiger partial charge in [0.25, 0.3) is 20.2 Å². The second kappa shape index (κ2) is 12.8. The summed E-state index contributed by atoms with van der Waals surface area (Å²) in [6.45, 7) is 6.60. The number of azo groups is 2. The van der Waals surface area contributed by atoms with E-state index in [1.165, 1.54) is 24.3 Å². The number of aromatic hydroxyl groups is 1. The van der Waals surface area contributed by atoms with Crippen LogP contribution in [0, 0.1) is 27.7 Å². The Hall–Kier alpha value is -5.14. The van der Waals surface area contributed by atoms with E-state index in [1.807, 2.05) is 0 Å². The van der Waals surface area contributed by atoms with E-state index in [0.29, 0.717) is 28.2 Å². The second-order valence-electron chi connectivity index (χ2n) is 10.5. The Labute approximate surface area is 279 Å². The maximum Gasteiger partial charge on any atom is 0.296 e. The van der Waals surface area contributed by atoms with Crippen molar-refractivity contribution in [2.75, 3.05) is 11.1 Å². The van der Waals surface area contributed by atoms with Crippen LogP contribution in [0.3, 0.4) is 0 Å². The Kier molecular flexibility index (Phi) is 9.13. The van der Waals surface area contributed by atoms with Gasteiger partial charge in [0.05, 0.1) is 16.8 Å². The summed E-state index contributed by atoms with van der Waals surface area (Å²) in [5, 5.41) is 30.6. The highest BCUT2D eigenvalue weighted by Crippen LogP contribution is 2.47. The van der Waals surface area contributed by atoms with E-state index < -0.39 is 41.5 Å². The molecule has 0 aliphatic rings. The Bertz CT molecular complexity index is 2400. The number of hydrogen-bond acceptors (Lipinski definition) is 14. The summed E-state index contributed by atoms with van der Waals surface area (Å²) in [5.41, 5.74) is 7.78. The summed E-state index contributed by atoms with van der Waals surface area (Å²) < 4.78 is 68.3. The standard InChI is InChI=1S/C29H26ClN9O7S2/c1-13-5-8-21(47(41,42)43)20(9-13)37-38-25-15(3)10-17-11-22(48(44,45)46)26(27(40)23(17)24(25)31)39-36-19-12-18(7-6-14(19)2)34-29-33-16(4)32-28(30)35-29/h5-12,40H,31H2,1-4H3,(H,41,42,43)(H,44,45,46)(H,32,33,34,35)/b38-37+,39-36+. The van der Waals surface area contributed by atoms with E-state index in [0.717, 1.165) is 6.07 Å². The van der Waals surface area contributed by atoms with Crippen LogP contribution < -0.4 is 11.1 Å². The van der Waals surface area contributed by atoms with Gasteiger partial charge in [-0.25, -0.2) is 4.98 Å². The zero-order valence-electron chi connectivity index (χ0n) is 25.5. The number of aryl methyl sites for hydroxylation is 4. The highest BCUT2D eigenvalue weighted by Gasteiger charge is 2.25. The van der Waals surface area contributed by atoms with E-state index in [2.05, 4.69) is 40.7 Å². The third kappa shape index (κ3) is 7.21. The topological polar surface area (TPSA) is 255 Å². The third-order valence-corrected chi connectivity index (χ3v) is 8.85. The molecule has 19 heteroatoms. The first kappa shape index (κ1) is 34.2. The van der Waals surface area contributed by atoms with Crippen molar-refractivity contribution >= 4 is 82.7 Å². The first-order valence-corrected chi connectivity index (χ1v) is 16.9. The van der Waals surface area contributed by atoms with Crippen molar-refractivity contribution in [3.8, 4) is 5.75 Å². The molecule has 0 bridgehead atoms. The molecule has 16 nitrogen and oxygen atoms in total. The van der Waals surface area contributed by atoms with Crippen LogP contribution in [0.15, 0.2) is 78.8 Å². The average molecular weight is 712 g/mol. The zero-order chi connectivity index (χ0) is 35.1. The quantitative estimate of drug-likeness (QED) is 0.0605.